The highest BCUT2D eigenvalue weighted by atomic mass is 32.1. The molecule has 0 radical (unpaired) electrons. The van der Waals surface area contributed by atoms with E-state index in [0.717, 1.165) is 5.82 Å². The van der Waals surface area contributed by atoms with Crippen LogP contribution in [0.2, 0.25) is 0 Å². The fourth-order valence-corrected chi connectivity index (χ4v) is 4.43. The molecule has 4 rings (SSSR count). The van der Waals surface area contributed by atoms with Gasteiger partial charge in [0.25, 0.3) is 0 Å². The van der Waals surface area contributed by atoms with Gasteiger partial charge in [0.05, 0.1) is 16.3 Å². The van der Waals surface area contributed by atoms with Crippen molar-refractivity contribution in [1.82, 2.24) is 9.97 Å². The van der Waals surface area contributed by atoms with E-state index in [2.05, 4.69) is 38.7 Å². The summed E-state index contributed by atoms with van der Waals surface area (Å²) in [5.74, 6) is 2.26. The topological polar surface area (TPSA) is 28.7 Å². The number of H-pyrrole nitrogens is 1. The van der Waals surface area contributed by atoms with Crippen LogP contribution in [0.3, 0.4) is 0 Å². The Kier molecular flexibility index (Phi) is 2.17. The van der Waals surface area contributed by atoms with Crippen LogP contribution < -0.4 is 0 Å². The van der Waals surface area contributed by atoms with Crippen LogP contribution in [0.15, 0.2) is 6.07 Å². The van der Waals surface area contributed by atoms with Crippen molar-refractivity contribution in [2.45, 2.75) is 57.8 Å². The van der Waals surface area contributed by atoms with E-state index in [1.165, 1.54) is 34.0 Å². The largest absolute Gasteiger partial charge is 0.341 e. The van der Waals surface area contributed by atoms with Crippen LogP contribution >= 0.6 is 11.3 Å². The first-order valence-electron chi connectivity index (χ1n) is 7.28. The maximum atomic E-state index is 4.92. The van der Waals surface area contributed by atoms with Crippen molar-refractivity contribution < 1.29 is 0 Å². The first-order chi connectivity index (χ1) is 9.03. The lowest BCUT2D eigenvalue weighted by atomic mass is 9.98. The van der Waals surface area contributed by atoms with Gasteiger partial charge in [-0.05, 0) is 30.4 Å². The van der Waals surface area contributed by atoms with Crippen LogP contribution in [-0.4, -0.2) is 9.97 Å². The Balaban J connectivity index is 1.92. The van der Waals surface area contributed by atoms with Gasteiger partial charge in [0, 0.05) is 16.2 Å². The molecule has 100 valence electrons. The van der Waals surface area contributed by atoms with Crippen molar-refractivity contribution in [3.05, 3.63) is 28.0 Å². The quantitative estimate of drug-likeness (QED) is 0.837. The predicted molar refractivity (Wildman–Crippen MR) is 80.1 cm³/mol. The van der Waals surface area contributed by atoms with Crippen LogP contribution in [0.4, 0.5) is 0 Å². The standard InChI is InChI=1S/C16H20N2S/c1-8(2)11-7-10-13(19-11)12-14(16(10)5-6-16)18-15(17-12)9(3)4/h7-9H,5-6H2,1-4H3,(H,17,18). The van der Waals surface area contributed by atoms with Crippen molar-refractivity contribution in [3.8, 4) is 10.6 Å². The zero-order chi connectivity index (χ0) is 13.4. The molecule has 1 fully saturated rings. The monoisotopic (exact) mass is 272 g/mol. The molecule has 2 aromatic rings. The molecule has 2 aliphatic carbocycles. The van der Waals surface area contributed by atoms with Gasteiger partial charge >= 0.3 is 0 Å². The summed E-state index contributed by atoms with van der Waals surface area (Å²) in [6.45, 7) is 8.99. The Morgan fingerprint density at radius 2 is 1.95 bits per heavy atom. The van der Waals surface area contributed by atoms with E-state index in [1.807, 2.05) is 11.3 Å². The summed E-state index contributed by atoms with van der Waals surface area (Å²) in [4.78, 5) is 11.5. The van der Waals surface area contributed by atoms with Crippen molar-refractivity contribution >= 4 is 11.3 Å². The Morgan fingerprint density at radius 1 is 1.21 bits per heavy atom. The van der Waals surface area contributed by atoms with E-state index >= 15 is 0 Å². The fourth-order valence-electron chi connectivity index (χ4n) is 3.17. The number of hydrogen-bond acceptors (Lipinski definition) is 2. The van der Waals surface area contributed by atoms with Gasteiger partial charge < -0.3 is 4.98 Å². The van der Waals surface area contributed by atoms with E-state index in [-0.39, 0.29) is 5.41 Å². The highest BCUT2D eigenvalue weighted by molar-refractivity contribution is 7.15. The Labute approximate surface area is 118 Å². The molecule has 0 atom stereocenters. The third kappa shape index (κ3) is 1.40. The minimum Gasteiger partial charge on any atom is -0.341 e. The van der Waals surface area contributed by atoms with Gasteiger partial charge in [0.15, 0.2) is 0 Å². The number of hydrogen-bond donors (Lipinski definition) is 1. The molecule has 0 aliphatic heterocycles. The van der Waals surface area contributed by atoms with Crippen molar-refractivity contribution in [2.75, 3.05) is 0 Å². The summed E-state index contributed by atoms with van der Waals surface area (Å²) < 4.78 is 0. The van der Waals surface area contributed by atoms with Crippen molar-refractivity contribution in [3.63, 3.8) is 0 Å². The second-order valence-electron chi connectivity index (χ2n) is 6.63. The lowest BCUT2D eigenvalue weighted by molar-refractivity contribution is 0.766. The van der Waals surface area contributed by atoms with Gasteiger partial charge in [-0.25, -0.2) is 4.98 Å². The molecule has 0 amide bonds. The summed E-state index contributed by atoms with van der Waals surface area (Å²) in [6.07, 6.45) is 2.56. The van der Waals surface area contributed by atoms with E-state index in [1.54, 1.807) is 5.56 Å². The second-order valence-corrected chi connectivity index (χ2v) is 7.71. The zero-order valence-corrected chi connectivity index (χ0v) is 12.8. The average Bonchev–Trinajstić information content (AvgIpc) is 2.78. The number of aromatic nitrogens is 2. The molecule has 2 nitrogen and oxygen atoms in total. The van der Waals surface area contributed by atoms with Gasteiger partial charge in [0.1, 0.15) is 5.82 Å². The van der Waals surface area contributed by atoms with E-state index in [0.29, 0.717) is 11.8 Å². The SMILES string of the molecule is CC(C)c1nc2c([nH]1)-c1sc(C(C)C)cc1C21CC1. The molecule has 2 heterocycles. The highest BCUT2D eigenvalue weighted by Gasteiger charge is 2.55. The number of nitrogens with zero attached hydrogens (tertiary/aromatic N) is 1. The molecule has 1 spiro atoms. The molecular weight excluding hydrogens is 252 g/mol. The minimum absolute atomic E-state index is 0.290. The van der Waals surface area contributed by atoms with Gasteiger partial charge in [-0.3, -0.25) is 0 Å². The molecule has 0 saturated heterocycles. The zero-order valence-electron chi connectivity index (χ0n) is 12.0. The molecule has 3 heteroatoms. The fraction of sp³-hybridized carbons (Fsp3) is 0.562. The molecule has 1 N–H and O–H groups in total. The lowest BCUT2D eigenvalue weighted by Crippen LogP contribution is -2.05. The summed E-state index contributed by atoms with van der Waals surface area (Å²) in [6, 6.07) is 2.45. The van der Waals surface area contributed by atoms with Crippen molar-refractivity contribution in [2.24, 2.45) is 0 Å². The predicted octanol–water partition coefficient (Wildman–Crippen LogP) is 4.78. The Bertz CT molecular complexity index is 602. The van der Waals surface area contributed by atoms with E-state index in [9.17, 15) is 0 Å². The smallest absolute Gasteiger partial charge is 0.109 e. The highest BCUT2D eigenvalue weighted by Crippen LogP contribution is 2.64. The second kappa shape index (κ2) is 3.51. The molecule has 2 aromatic heterocycles. The first kappa shape index (κ1) is 11.7. The van der Waals surface area contributed by atoms with Gasteiger partial charge in [-0.2, -0.15) is 0 Å². The van der Waals surface area contributed by atoms with Crippen LogP contribution in [-0.2, 0) is 5.41 Å². The maximum Gasteiger partial charge on any atom is 0.109 e. The summed E-state index contributed by atoms with van der Waals surface area (Å²) in [7, 11) is 0. The van der Waals surface area contributed by atoms with Crippen LogP contribution in [0, 0.1) is 0 Å². The van der Waals surface area contributed by atoms with Crippen LogP contribution in [0.1, 0.15) is 74.3 Å². The normalized spacial score (nSPS) is 18.4. The molecule has 2 aliphatic rings. The molecule has 0 aromatic carbocycles. The van der Waals surface area contributed by atoms with Gasteiger partial charge in [-0.15, -0.1) is 11.3 Å². The third-order valence-electron chi connectivity index (χ3n) is 4.54. The van der Waals surface area contributed by atoms with E-state index in [4.69, 9.17) is 4.98 Å². The molecule has 0 unspecified atom stereocenters. The Hall–Kier alpha value is -1.09. The van der Waals surface area contributed by atoms with Crippen LogP contribution in [0.25, 0.3) is 10.6 Å². The molecule has 19 heavy (non-hydrogen) atoms. The van der Waals surface area contributed by atoms with Crippen LogP contribution in [0.5, 0.6) is 0 Å². The molecular formula is C16H20N2S. The van der Waals surface area contributed by atoms with Gasteiger partial charge in [0.2, 0.25) is 0 Å². The number of nitrogens with one attached hydrogen (secondary N) is 1. The first-order valence-corrected chi connectivity index (χ1v) is 8.09. The lowest BCUT2D eigenvalue weighted by Gasteiger charge is -2.07. The number of fused-ring (bicyclic) bond motifs is 5. The molecule has 0 bridgehead atoms. The van der Waals surface area contributed by atoms with Crippen molar-refractivity contribution in [1.29, 1.82) is 0 Å². The average molecular weight is 272 g/mol. The number of rotatable bonds is 2. The minimum atomic E-state index is 0.290. The molecule has 1 saturated carbocycles. The maximum absolute atomic E-state index is 4.92. The number of thiophene rings is 1. The summed E-state index contributed by atoms with van der Waals surface area (Å²) >= 11 is 1.97. The number of imidazole rings is 1. The Morgan fingerprint density at radius 3 is 2.53 bits per heavy atom. The summed E-state index contributed by atoms with van der Waals surface area (Å²) in [5.41, 5.74) is 4.52. The number of aromatic amines is 1. The third-order valence-corrected chi connectivity index (χ3v) is 5.99. The van der Waals surface area contributed by atoms with Gasteiger partial charge in [-0.1, -0.05) is 27.7 Å². The summed E-state index contributed by atoms with van der Waals surface area (Å²) in [5, 5.41) is 0. The van der Waals surface area contributed by atoms with E-state index < -0.39 is 0 Å².